The molecule has 0 spiro atoms. The van der Waals surface area contributed by atoms with E-state index in [-0.39, 0.29) is 0 Å². The van der Waals surface area contributed by atoms with Crippen molar-refractivity contribution in [3.8, 4) is 5.75 Å². The van der Waals surface area contributed by atoms with Crippen molar-refractivity contribution in [2.24, 2.45) is 5.92 Å². The minimum atomic E-state index is 0.372. The smallest absolute Gasteiger partial charge is 0.119 e. The Morgan fingerprint density at radius 2 is 1.65 bits per heavy atom. The predicted molar refractivity (Wildman–Crippen MR) is 91.5 cm³/mol. The zero-order chi connectivity index (χ0) is 14.4. The summed E-state index contributed by atoms with van der Waals surface area (Å²) in [5, 5.41) is 0. The van der Waals surface area contributed by atoms with Gasteiger partial charge in [-0.15, -0.1) is 0 Å². The van der Waals surface area contributed by atoms with Crippen molar-refractivity contribution in [2.45, 2.75) is 18.2 Å². The van der Waals surface area contributed by atoms with Crippen molar-refractivity contribution in [1.82, 2.24) is 0 Å². The average molecular weight is 398 g/mol. The van der Waals surface area contributed by atoms with Crippen molar-refractivity contribution < 1.29 is 4.74 Å². The zero-order valence-corrected chi connectivity index (χ0v) is 14.6. The Bertz CT molecular complexity index is 510. The quantitative estimate of drug-likeness (QED) is 0.544. The van der Waals surface area contributed by atoms with Gasteiger partial charge in [0.05, 0.1) is 6.61 Å². The number of hydrogen-bond donors (Lipinski definition) is 0. The molecule has 0 aliphatic rings. The van der Waals surface area contributed by atoms with E-state index >= 15 is 0 Å². The molecule has 0 aliphatic heterocycles. The van der Waals surface area contributed by atoms with E-state index in [1.807, 2.05) is 30.3 Å². The van der Waals surface area contributed by atoms with Gasteiger partial charge in [0.25, 0.3) is 0 Å². The summed E-state index contributed by atoms with van der Waals surface area (Å²) in [5.41, 5.74) is 1.32. The van der Waals surface area contributed by atoms with Crippen molar-refractivity contribution in [1.29, 1.82) is 0 Å². The molecule has 0 radical (unpaired) electrons. The van der Waals surface area contributed by atoms with E-state index in [9.17, 15) is 0 Å². The van der Waals surface area contributed by atoms with Crippen LogP contribution in [-0.2, 0) is 0 Å². The van der Waals surface area contributed by atoms with Gasteiger partial charge in [-0.1, -0.05) is 69.1 Å². The van der Waals surface area contributed by atoms with Gasteiger partial charge >= 0.3 is 0 Å². The van der Waals surface area contributed by atoms with E-state index in [4.69, 9.17) is 4.74 Å². The molecule has 0 fully saturated rings. The molecule has 0 heterocycles. The SMILES string of the molecule is CC(CCOc1ccc(Br)cc1)C(Br)c1ccccc1. The van der Waals surface area contributed by atoms with Crippen LogP contribution in [0.2, 0.25) is 0 Å². The van der Waals surface area contributed by atoms with Crippen LogP contribution in [0.5, 0.6) is 5.75 Å². The number of hydrogen-bond acceptors (Lipinski definition) is 1. The molecule has 2 aromatic rings. The van der Waals surface area contributed by atoms with Gasteiger partial charge < -0.3 is 4.74 Å². The van der Waals surface area contributed by atoms with Crippen LogP contribution in [0.4, 0.5) is 0 Å². The summed E-state index contributed by atoms with van der Waals surface area (Å²) in [6.45, 7) is 2.98. The first-order valence-corrected chi connectivity index (χ1v) is 8.45. The Morgan fingerprint density at radius 3 is 2.30 bits per heavy atom. The maximum absolute atomic E-state index is 5.78. The second-order valence-electron chi connectivity index (χ2n) is 4.88. The lowest BCUT2D eigenvalue weighted by molar-refractivity contribution is 0.283. The summed E-state index contributed by atoms with van der Waals surface area (Å²) in [6.07, 6.45) is 1.01. The predicted octanol–water partition coefficient (Wildman–Crippen LogP) is 5.99. The summed E-state index contributed by atoms with van der Waals surface area (Å²) < 4.78 is 6.85. The number of ether oxygens (including phenoxy) is 1. The van der Waals surface area contributed by atoms with E-state index in [0.717, 1.165) is 23.2 Å². The van der Waals surface area contributed by atoms with Crippen LogP contribution in [-0.4, -0.2) is 6.61 Å². The van der Waals surface area contributed by atoms with Crippen LogP contribution in [0, 0.1) is 5.92 Å². The molecule has 2 aromatic carbocycles. The Hall–Kier alpha value is -0.800. The second-order valence-corrected chi connectivity index (χ2v) is 6.78. The summed E-state index contributed by atoms with van der Waals surface area (Å²) in [6, 6.07) is 18.5. The maximum atomic E-state index is 5.78. The molecule has 0 aromatic heterocycles. The van der Waals surface area contributed by atoms with Gasteiger partial charge in [0.15, 0.2) is 0 Å². The van der Waals surface area contributed by atoms with E-state index < -0.39 is 0 Å². The van der Waals surface area contributed by atoms with Crippen molar-refractivity contribution in [3.63, 3.8) is 0 Å². The van der Waals surface area contributed by atoms with Gasteiger partial charge in [0.1, 0.15) is 5.75 Å². The third-order valence-corrected chi connectivity index (χ3v) is 5.23. The maximum Gasteiger partial charge on any atom is 0.119 e. The Morgan fingerprint density at radius 1 is 1.00 bits per heavy atom. The van der Waals surface area contributed by atoms with Gasteiger partial charge in [-0.05, 0) is 42.2 Å². The molecule has 20 heavy (non-hydrogen) atoms. The molecule has 0 bridgehead atoms. The number of rotatable bonds is 6. The minimum absolute atomic E-state index is 0.372. The molecule has 3 heteroatoms. The Kier molecular flexibility index (Phi) is 6.11. The molecular formula is C17H18Br2O. The molecule has 106 valence electrons. The van der Waals surface area contributed by atoms with Crippen molar-refractivity contribution in [2.75, 3.05) is 6.61 Å². The highest BCUT2D eigenvalue weighted by Gasteiger charge is 2.15. The highest BCUT2D eigenvalue weighted by atomic mass is 79.9. The number of benzene rings is 2. The van der Waals surface area contributed by atoms with Crippen LogP contribution >= 0.6 is 31.9 Å². The van der Waals surface area contributed by atoms with Gasteiger partial charge in [-0.3, -0.25) is 0 Å². The van der Waals surface area contributed by atoms with Gasteiger partial charge in [-0.2, -0.15) is 0 Å². The lowest BCUT2D eigenvalue weighted by atomic mass is 9.98. The van der Waals surface area contributed by atoms with Crippen LogP contribution in [0.3, 0.4) is 0 Å². The molecule has 0 saturated heterocycles. The molecule has 0 N–H and O–H groups in total. The highest BCUT2D eigenvalue weighted by Crippen LogP contribution is 2.32. The molecular weight excluding hydrogens is 380 g/mol. The first-order valence-electron chi connectivity index (χ1n) is 6.74. The minimum Gasteiger partial charge on any atom is -0.494 e. The first kappa shape index (κ1) is 15.6. The zero-order valence-electron chi connectivity index (χ0n) is 11.4. The summed E-state index contributed by atoms with van der Waals surface area (Å²) in [5.74, 6) is 1.44. The summed E-state index contributed by atoms with van der Waals surface area (Å²) >= 11 is 7.21. The topological polar surface area (TPSA) is 9.23 Å². The summed E-state index contributed by atoms with van der Waals surface area (Å²) in [7, 11) is 0. The molecule has 2 atom stereocenters. The van der Waals surface area contributed by atoms with Crippen LogP contribution in [0.15, 0.2) is 59.1 Å². The third kappa shape index (κ3) is 4.64. The van der Waals surface area contributed by atoms with Crippen molar-refractivity contribution in [3.05, 3.63) is 64.6 Å². The molecule has 0 amide bonds. The van der Waals surface area contributed by atoms with E-state index in [0.29, 0.717) is 10.7 Å². The van der Waals surface area contributed by atoms with Crippen molar-refractivity contribution >= 4 is 31.9 Å². The van der Waals surface area contributed by atoms with Crippen LogP contribution in [0.1, 0.15) is 23.7 Å². The van der Waals surface area contributed by atoms with Gasteiger partial charge in [-0.25, -0.2) is 0 Å². The van der Waals surface area contributed by atoms with Crippen LogP contribution < -0.4 is 4.74 Å². The van der Waals surface area contributed by atoms with E-state index in [1.165, 1.54) is 5.56 Å². The highest BCUT2D eigenvalue weighted by molar-refractivity contribution is 9.10. The third-order valence-electron chi connectivity index (χ3n) is 3.27. The van der Waals surface area contributed by atoms with E-state index in [2.05, 4.69) is 63.0 Å². The second kappa shape index (κ2) is 7.84. The molecule has 0 aliphatic carbocycles. The average Bonchev–Trinajstić information content (AvgIpc) is 2.49. The summed E-state index contributed by atoms with van der Waals surface area (Å²) in [4.78, 5) is 0.372. The normalized spacial score (nSPS) is 13.8. The largest absolute Gasteiger partial charge is 0.494 e. The fourth-order valence-corrected chi connectivity index (χ4v) is 2.84. The Labute approximate surface area is 137 Å². The monoisotopic (exact) mass is 396 g/mol. The number of alkyl halides is 1. The fraction of sp³-hybridized carbons (Fsp3) is 0.294. The van der Waals surface area contributed by atoms with Crippen LogP contribution in [0.25, 0.3) is 0 Å². The standard InChI is InChI=1S/C17H18Br2O/c1-13(17(19)14-5-3-2-4-6-14)11-12-20-16-9-7-15(18)8-10-16/h2-10,13,17H,11-12H2,1H3. The van der Waals surface area contributed by atoms with Gasteiger partial charge in [0, 0.05) is 9.30 Å². The lowest BCUT2D eigenvalue weighted by Gasteiger charge is -2.19. The number of halogens is 2. The molecule has 2 unspecified atom stereocenters. The Balaban J connectivity index is 1.80. The lowest BCUT2D eigenvalue weighted by Crippen LogP contribution is -2.09. The van der Waals surface area contributed by atoms with E-state index in [1.54, 1.807) is 0 Å². The molecule has 0 saturated carbocycles. The molecule has 1 nitrogen and oxygen atoms in total. The fourth-order valence-electron chi connectivity index (χ4n) is 2.01. The van der Waals surface area contributed by atoms with Gasteiger partial charge in [0.2, 0.25) is 0 Å². The first-order chi connectivity index (χ1) is 9.66. The molecule has 2 rings (SSSR count).